The lowest BCUT2D eigenvalue weighted by Crippen LogP contribution is -2.41. The summed E-state index contributed by atoms with van der Waals surface area (Å²) in [6, 6.07) is 0.230. The Morgan fingerprint density at radius 1 is 1.40 bits per heavy atom. The summed E-state index contributed by atoms with van der Waals surface area (Å²) in [6.45, 7) is 6.18. The van der Waals surface area contributed by atoms with E-state index in [9.17, 15) is 4.79 Å². The minimum Gasteiger partial charge on any atom is -0.396 e. The van der Waals surface area contributed by atoms with Crippen LogP contribution < -0.4 is 11.1 Å². The second-order valence-electron chi connectivity index (χ2n) is 6.03. The van der Waals surface area contributed by atoms with Crippen molar-refractivity contribution in [1.29, 1.82) is 0 Å². The number of nitrogens with zero attached hydrogens (tertiary/aromatic N) is 2. The molecule has 2 rings (SSSR count). The molecule has 1 aliphatic rings. The van der Waals surface area contributed by atoms with Crippen molar-refractivity contribution < 1.29 is 4.79 Å². The van der Waals surface area contributed by atoms with Crippen LogP contribution in [0.2, 0.25) is 0 Å². The van der Waals surface area contributed by atoms with Crippen molar-refractivity contribution in [2.24, 2.45) is 5.92 Å². The van der Waals surface area contributed by atoms with Crippen LogP contribution in [0.15, 0.2) is 6.20 Å². The summed E-state index contributed by atoms with van der Waals surface area (Å²) >= 11 is 0. The van der Waals surface area contributed by atoms with Gasteiger partial charge in [0.25, 0.3) is 5.91 Å². The van der Waals surface area contributed by atoms with Crippen molar-refractivity contribution in [1.82, 2.24) is 15.3 Å². The van der Waals surface area contributed by atoms with Crippen LogP contribution in [-0.4, -0.2) is 21.9 Å². The molecular weight excluding hydrogens is 252 g/mol. The molecule has 110 valence electrons. The molecule has 5 heteroatoms. The molecule has 1 saturated carbocycles. The highest BCUT2D eigenvalue weighted by Gasteiger charge is 2.25. The minimum atomic E-state index is -0.175. The molecule has 0 bridgehead atoms. The molecule has 0 radical (unpaired) electrons. The third-order valence-electron chi connectivity index (χ3n) is 4.00. The number of carbonyl (C=O) groups is 1. The molecule has 0 saturated heterocycles. The largest absolute Gasteiger partial charge is 0.396 e. The zero-order valence-corrected chi connectivity index (χ0v) is 12.5. The summed E-state index contributed by atoms with van der Waals surface area (Å²) in [6.07, 6.45) is 6.16. The SMILES string of the molecule is CC(C)c1ncc(N)c(C(=O)NC2CCCCC2C)n1. The van der Waals surface area contributed by atoms with Crippen LogP contribution in [0.4, 0.5) is 5.69 Å². The summed E-state index contributed by atoms with van der Waals surface area (Å²) in [5.74, 6) is 1.17. The molecule has 1 heterocycles. The van der Waals surface area contributed by atoms with Gasteiger partial charge in [0, 0.05) is 12.0 Å². The van der Waals surface area contributed by atoms with Gasteiger partial charge in [0.05, 0.1) is 11.9 Å². The number of hydrogen-bond acceptors (Lipinski definition) is 4. The van der Waals surface area contributed by atoms with Crippen LogP contribution in [0.1, 0.15) is 68.7 Å². The molecule has 1 aliphatic carbocycles. The quantitative estimate of drug-likeness (QED) is 0.888. The van der Waals surface area contributed by atoms with E-state index in [1.807, 2.05) is 13.8 Å². The Bertz CT molecular complexity index is 487. The van der Waals surface area contributed by atoms with Gasteiger partial charge < -0.3 is 11.1 Å². The van der Waals surface area contributed by atoms with Crippen molar-refractivity contribution in [3.05, 3.63) is 17.7 Å². The number of nitrogen functional groups attached to an aromatic ring is 1. The van der Waals surface area contributed by atoms with Crippen LogP contribution in [0, 0.1) is 5.92 Å². The fourth-order valence-electron chi connectivity index (χ4n) is 2.63. The minimum absolute atomic E-state index is 0.175. The predicted octanol–water partition coefficient (Wildman–Crippen LogP) is 2.49. The molecule has 5 nitrogen and oxygen atoms in total. The second-order valence-corrected chi connectivity index (χ2v) is 6.03. The molecular formula is C15H24N4O. The summed E-state index contributed by atoms with van der Waals surface area (Å²) in [5, 5.41) is 3.08. The molecule has 0 aliphatic heterocycles. The fraction of sp³-hybridized carbons (Fsp3) is 0.667. The first kappa shape index (κ1) is 14.8. The van der Waals surface area contributed by atoms with Crippen LogP contribution in [0.3, 0.4) is 0 Å². The monoisotopic (exact) mass is 276 g/mol. The maximum atomic E-state index is 12.4. The molecule has 1 aromatic heterocycles. The first-order valence-corrected chi connectivity index (χ1v) is 7.42. The van der Waals surface area contributed by atoms with Crippen LogP contribution in [-0.2, 0) is 0 Å². The molecule has 20 heavy (non-hydrogen) atoms. The maximum absolute atomic E-state index is 12.4. The number of nitrogens with one attached hydrogen (secondary N) is 1. The van der Waals surface area contributed by atoms with Crippen molar-refractivity contribution >= 4 is 11.6 Å². The molecule has 3 N–H and O–H groups in total. The van der Waals surface area contributed by atoms with Crippen LogP contribution in [0.5, 0.6) is 0 Å². The van der Waals surface area contributed by atoms with Gasteiger partial charge in [-0.15, -0.1) is 0 Å². The number of amides is 1. The van der Waals surface area contributed by atoms with E-state index in [0.717, 1.165) is 6.42 Å². The van der Waals surface area contributed by atoms with Crippen molar-refractivity contribution in [2.75, 3.05) is 5.73 Å². The first-order chi connectivity index (χ1) is 9.49. The average Bonchev–Trinajstić information content (AvgIpc) is 2.41. The number of carbonyl (C=O) groups excluding carboxylic acids is 1. The number of nitrogens with two attached hydrogens (primary N) is 1. The van der Waals surface area contributed by atoms with E-state index in [1.54, 1.807) is 0 Å². The van der Waals surface area contributed by atoms with E-state index in [1.165, 1.54) is 25.5 Å². The van der Waals surface area contributed by atoms with Crippen molar-refractivity contribution in [2.45, 2.75) is 58.4 Å². The standard InChI is InChI=1S/C15H24N4O/c1-9(2)14-17-8-11(16)13(19-14)15(20)18-12-7-5-4-6-10(12)3/h8-10,12H,4-7,16H2,1-3H3,(H,18,20). The Kier molecular flexibility index (Phi) is 4.57. The predicted molar refractivity (Wildman–Crippen MR) is 79.4 cm³/mol. The molecule has 0 spiro atoms. The summed E-state index contributed by atoms with van der Waals surface area (Å²) in [7, 11) is 0. The zero-order valence-electron chi connectivity index (χ0n) is 12.5. The van der Waals surface area contributed by atoms with Crippen LogP contribution in [0.25, 0.3) is 0 Å². The normalized spacial score (nSPS) is 22.8. The highest BCUT2D eigenvalue weighted by Crippen LogP contribution is 2.24. The molecule has 1 aromatic rings. The van der Waals surface area contributed by atoms with Gasteiger partial charge >= 0.3 is 0 Å². The first-order valence-electron chi connectivity index (χ1n) is 7.42. The van der Waals surface area contributed by atoms with Gasteiger partial charge in [-0.1, -0.05) is 33.6 Å². The van der Waals surface area contributed by atoms with Gasteiger partial charge in [0.2, 0.25) is 0 Å². The lowest BCUT2D eigenvalue weighted by molar-refractivity contribution is 0.0905. The zero-order chi connectivity index (χ0) is 14.7. The van der Waals surface area contributed by atoms with Crippen molar-refractivity contribution in [3.63, 3.8) is 0 Å². The summed E-state index contributed by atoms with van der Waals surface area (Å²) < 4.78 is 0. The number of anilines is 1. The maximum Gasteiger partial charge on any atom is 0.272 e. The smallest absolute Gasteiger partial charge is 0.272 e. The Labute approximate surface area is 120 Å². The van der Waals surface area contributed by atoms with Gasteiger partial charge in [-0.05, 0) is 18.8 Å². The van der Waals surface area contributed by atoms with Crippen molar-refractivity contribution in [3.8, 4) is 0 Å². The van der Waals surface area contributed by atoms with Gasteiger partial charge in [0.1, 0.15) is 5.82 Å². The molecule has 0 aromatic carbocycles. The number of hydrogen-bond donors (Lipinski definition) is 2. The lowest BCUT2D eigenvalue weighted by atomic mass is 9.86. The van der Waals surface area contributed by atoms with Gasteiger partial charge in [-0.25, -0.2) is 9.97 Å². The van der Waals surface area contributed by atoms with E-state index >= 15 is 0 Å². The number of rotatable bonds is 3. The Morgan fingerprint density at radius 3 is 2.75 bits per heavy atom. The Balaban J connectivity index is 2.14. The topological polar surface area (TPSA) is 80.9 Å². The van der Waals surface area contributed by atoms with Gasteiger partial charge in [-0.3, -0.25) is 4.79 Å². The van der Waals surface area contributed by atoms with E-state index in [4.69, 9.17) is 5.73 Å². The average molecular weight is 276 g/mol. The Morgan fingerprint density at radius 2 is 2.10 bits per heavy atom. The molecule has 1 fully saturated rings. The summed E-state index contributed by atoms with van der Waals surface area (Å²) in [5.41, 5.74) is 6.49. The molecule has 2 unspecified atom stereocenters. The third kappa shape index (κ3) is 3.26. The summed E-state index contributed by atoms with van der Waals surface area (Å²) in [4.78, 5) is 20.9. The Hall–Kier alpha value is -1.65. The highest BCUT2D eigenvalue weighted by molar-refractivity contribution is 5.97. The number of aromatic nitrogens is 2. The highest BCUT2D eigenvalue weighted by atomic mass is 16.2. The fourth-order valence-corrected chi connectivity index (χ4v) is 2.63. The van der Waals surface area contributed by atoms with E-state index in [0.29, 0.717) is 23.1 Å². The lowest BCUT2D eigenvalue weighted by Gasteiger charge is -2.29. The van der Waals surface area contributed by atoms with Crippen LogP contribution >= 0.6 is 0 Å². The third-order valence-corrected chi connectivity index (χ3v) is 4.00. The van der Waals surface area contributed by atoms with E-state index in [2.05, 4.69) is 22.2 Å². The van der Waals surface area contributed by atoms with E-state index < -0.39 is 0 Å². The molecule has 2 atom stereocenters. The van der Waals surface area contributed by atoms with Gasteiger partial charge in [-0.2, -0.15) is 0 Å². The molecule has 1 amide bonds. The van der Waals surface area contributed by atoms with Gasteiger partial charge in [0.15, 0.2) is 5.69 Å². The van der Waals surface area contributed by atoms with E-state index in [-0.39, 0.29) is 17.9 Å². The second kappa shape index (κ2) is 6.20.